The maximum absolute atomic E-state index is 13.3. The molecule has 4 aromatic rings. The Morgan fingerprint density at radius 2 is 1.52 bits per heavy atom. The molecule has 3 aromatic carbocycles. The van der Waals surface area contributed by atoms with Gasteiger partial charge in [-0.25, -0.2) is 14.4 Å². The Bertz CT molecular complexity index is 1030. The van der Waals surface area contributed by atoms with Crippen LogP contribution in [0.15, 0.2) is 60.7 Å². The summed E-state index contributed by atoms with van der Waals surface area (Å²) in [5.74, 6) is 0.0749. The number of nitrogens with one attached hydrogen (secondary N) is 1. The quantitative estimate of drug-likeness (QED) is 0.507. The number of aromatic nitrogens is 2. The summed E-state index contributed by atoms with van der Waals surface area (Å²) in [5.41, 5.74) is 2.02. The average molecular weight is 324 g/mol. The van der Waals surface area contributed by atoms with Crippen molar-refractivity contribution in [3.05, 3.63) is 71.6 Å². The Morgan fingerprint density at radius 3 is 2.22 bits per heavy atom. The first kappa shape index (κ1) is 13.9. The van der Waals surface area contributed by atoms with Crippen molar-refractivity contribution in [1.29, 1.82) is 0 Å². The largest absolute Gasteiger partial charge is 0.338 e. The van der Waals surface area contributed by atoms with Crippen molar-refractivity contribution < 1.29 is 4.39 Å². The monoisotopic (exact) mass is 323 g/mol. The number of hydrogen-bond acceptors (Lipinski definition) is 3. The Balaban J connectivity index is 1.83. The van der Waals surface area contributed by atoms with Gasteiger partial charge in [-0.3, -0.25) is 0 Å². The number of nitrogens with zero attached hydrogens (tertiary/aromatic N) is 2. The van der Waals surface area contributed by atoms with E-state index in [4.69, 9.17) is 11.6 Å². The second-order valence-electron chi connectivity index (χ2n) is 5.19. The van der Waals surface area contributed by atoms with Crippen molar-refractivity contribution in [3.63, 3.8) is 0 Å². The summed E-state index contributed by atoms with van der Waals surface area (Å²) >= 11 is 6.21. The second-order valence-corrected chi connectivity index (χ2v) is 5.54. The summed E-state index contributed by atoms with van der Waals surface area (Å²) < 4.78 is 13.3. The van der Waals surface area contributed by atoms with Crippen LogP contribution in [-0.4, -0.2) is 9.97 Å². The van der Waals surface area contributed by atoms with Gasteiger partial charge in [-0.15, -0.1) is 0 Å². The standard InChI is InChI=1S/C18H11ClFN3/c19-17-18(21-14-7-3-6-13(20)10-14)23-16-9-12-5-2-1-4-11(12)8-15(16)22-17/h1-10H,(H,21,23). The van der Waals surface area contributed by atoms with Crippen LogP contribution < -0.4 is 5.32 Å². The molecule has 0 aliphatic heterocycles. The van der Waals surface area contributed by atoms with Crippen molar-refractivity contribution in [2.45, 2.75) is 0 Å². The predicted octanol–water partition coefficient (Wildman–Crippen LogP) is 5.32. The minimum Gasteiger partial charge on any atom is -0.338 e. The van der Waals surface area contributed by atoms with Gasteiger partial charge in [0.1, 0.15) is 5.82 Å². The Morgan fingerprint density at radius 1 is 0.826 bits per heavy atom. The fraction of sp³-hybridized carbons (Fsp3) is 0. The molecule has 3 nitrogen and oxygen atoms in total. The smallest absolute Gasteiger partial charge is 0.172 e. The zero-order valence-corrected chi connectivity index (χ0v) is 12.7. The van der Waals surface area contributed by atoms with Gasteiger partial charge in [0.2, 0.25) is 0 Å². The molecule has 1 heterocycles. The minimum atomic E-state index is -0.328. The molecule has 0 saturated heterocycles. The number of benzene rings is 3. The molecule has 0 fully saturated rings. The summed E-state index contributed by atoms with van der Waals surface area (Å²) in [7, 11) is 0. The molecule has 112 valence electrons. The highest BCUT2D eigenvalue weighted by Gasteiger charge is 2.09. The number of fused-ring (bicyclic) bond motifs is 2. The minimum absolute atomic E-state index is 0.247. The molecular weight excluding hydrogens is 313 g/mol. The summed E-state index contributed by atoms with van der Waals surface area (Å²) in [4.78, 5) is 8.91. The number of rotatable bonds is 2. The highest BCUT2D eigenvalue weighted by Crippen LogP contribution is 2.27. The van der Waals surface area contributed by atoms with Crippen molar-refractivity contribution in [3.8, 4) is 0 Å². The Kier molecular flexibility index (Phi) is 3.32. The zero-order valence-electron chi connectivity index (χ0n) is 11.9. The van der Waals surface area contributed by atoms with E-state index in [1.807, 2.05) is 36.4 Å². The van der Waals surface area contributed by atoms with Gasteiger partial charge in [-0.05, 0) is 41.1 Å². The first-order valence-electron chi connectivity index (χ1n) is 7.08. The summed E-state index contributed by atoms with van der Waals surface area (Å²) in [6, 6.07) is 18.0. The lowest BCUT2D eigenvalue weighted by atomic mass is 10.1. The lowest BCUT2D eigenvalue weighted by Crippen LogP contribution is -1.98. The van der Waals surface area contributed by atoms with E-state index in [0.29, 0.717) is 11.5 Å². The van der Waals surface area contributed by atoms with Crippen molar-refractivity contribution in [2.75, 3.05) is 5.32 Å². The SMILES string of the molecule is Fc1cccc(Nc2nc3cc4ccccc4cc3nc2Cl)c1. The van der Waals surface area contributed by atoms with E-state index in [-0.39, 0.29) is 11.0 Å². The van der Waals surface area contributed by atoms with E-state index >= 15 is 0 Å². The summed E-state index contributed by atoms with van der Waals surface area (Å²) in [5, 5.41) is 5.41. The van der Waals surface area contributed by atoms with Gasteiger partial charge in [-0.2, -0.15) is 0 Å². The van der Waals surface area contributed by atoms with Crippen LogP contribution >= 0.6 is 11.6 Å². The highest BCUT2D eigenvalue weighted by molar-refractivity contribution is 6.32. The number of anilines is 2. The van der Waals surface area contributed by atoms with E-state index in [9.17, 15) is 4.39 Å². The molecule has 1 aromatic heterocycles. The molecule has 0 bridgehead atoms. The van der Waals surface area contributed by atoms with Crippen LogP contribution in [0.3, 0.4) is 0 Å². The van der Waals surface area contributed by atoms with Gasteiger partial charge >= 0.3 is 0 Å². The number of halogens is 2. The fourth-order valence-electron chi connectivity index (χ4n) is 2.50. The maximum atomic E-state index is 13.3. The van der Waals surface area contributed by atoms with Gasteiger partial charge in [0.25, 0.3) is 0 Å². The summed E-state index contributed by atoms with van der Waals surface area (Å²) in [6.07, 6.45) is 0. The van der Waals surface area contributed by atoms with Gasteiger partial charge < -0.3 is 5.32 Å². The summed E-state index contributed by atoms with van der Waals surface area (Å²) in [6.45, 7) is 0. The van der Waals surface area contributed by atoms with Crippen LogP contribution in [0.4, 0.5) is 15.9 Å². The van der Waals surface area contributed by atoms with Crippen molar-refractivity contribution in [1.82, 2.24) is 9.97 Å². The molecule has 0 radical (unpaired) electrons. The van der Waals surface area contributed by atoms with Gasteiger partial charge in [0, 0.05) is 5.69 Å². The van der Waals surface area contributed by atoms with Gasteiger partial charge in [-0.1, -0.05) is 41.9 Å². The molecule has 0 spiro atoms. The van der Waals surface area contributed by atoms with Gasteiger partial charge in [0.05, 0.1) is 11.0 Å². The van der Waals surface area contributed by atoms with Crippen LogP contribution in [-0.2, 0) is 0 Å². The van der Waals surface area contributed by atoms with Crippen molar-refractivity contribution in [2.24, 2.45) is 0 Å². The lowest BCUT2D eigenvalue weighted by Gasteiger charge is -2.09. The molecule has 23 heavy (non-hydrogen) atoms. The van der Waals surface area contributed by atoms with E-state index in [2.05, 4.69) is 15.3 Å². The molecule has 0 amide bonds. The zero-order chi connectivity index (χ0) is 15.8. The lowest BCUT2D eigenvalue weighted by molar-refractivity contribution is 0.628. The van der Waals surface area contributed by atoms with Gasteiger partial charge in [0.15, 0.2) is 11.0 Å². The van der Waals surface area contributed by atoms with Crippen molar-refractivity contribution >= 4 is 44.9 Å². The molecular formula is C18H11ClFN3. The van der Waals surface area contributed by atoms with Crippen LogP contribution in [0.2, 0.25) is 5.15 Å². The van der Waals surface area contributed by atoms with E-state index < -0.39 is 0 Å². The second kappa shape index (κ2) is 5.48. The molecule has 0 saturated carbocycles. The van der Waals surface area contributed by atoms with E-state index in [1.54, 1.807) is 12.1 Å². The Hall–Kier alpha value is -2.72. The molecule has 5 heteroatoms. The molecule has 4 rings (SSSR count). The fourth-order valence-corrected chi connectivity index (χ4v) is 2.68. The van der Waals surface area contributed by atoms with Crippen LogP contribution in [0, 0.1) is 5.82 Å². The molecule has 0 aliphatic carbocycles. The number of hydrogen-bond donors (Lipinski definition) is 1. The molecule has 0 unspecified atom stereocenters. The third-order valence-corrected chi connectivity index (χ3v) is 3.84. The average Bonchev–Trinajstić information content (AvgIpc) is 2.54. The van der Waals surface area contributed by atoms with Crippen LogP contribution in [0.25, 0.3) is 21.8 Å². The highest BCUT2D eigenvalue weighted by atomic mass is 35.5. The van der Waals surface area contributed by atoms with E-state index in [0.717, 1.165) is 21.8 Å². The predicted molar refractivity (Wildman–Crippen MR) is 91.7 cm³/mol. The molecule has 0 aliphatic rings. The third kappa shape index (κ3) is 2.69. The first-order chi connectivity index (χ1) is 11.2. The molecule has 0 atom stereocenters. The topological polar surface area (TPSA) is 37.8 Å². The third-order valence-electron chi connectivity index (χ3n) is 3.58. The molecule has 1 N–H and O–H groups in total. The normalized spacial score (nSPS) is 11.0. The van der Waals surface area contributed by atoms with E-state index in [1.165, 1.54) is 12.1 Å². The Labute approximate surface area is 136 Å². The van der Waals surface area contributed by atoms with Crippen LogP contribution in [0.1, 0.15) is 0 Å². The first-order valence-corrected chi connectivity index (χ1v) is 7.45. The van der Waals surface area contributed by atoms with Crippen LogP contribution in [0.5, 0.6) is 0 Å². The maximum Gasteiger partial charge on any atom is 0.172 e.